The Labute approximate surface area is 132 Å². The van der Waals surface area contributed by atoms with Crippen molar-refractivity contribution in [2.75, 3.05) is 0 Å². The summed E-state index contributed by atoms with van der Waals surface area (Å²) in [4.78, 5) is 3.90. The summed E-state index contributed by atoms with van der Waals surface area (Å²) >= 11 is 0. The van der Waals surface area contributed by atoms with Gasteiger partial charge in [-0.15, -0.1) is 16.4 Å². The zero-order valence-corrected chi connectivity index (χ0v) is 11.4. The number of aromatic nitrogens is 1. The molecule has 0 saturated carbocycles. The van der Waals surface area contributed by atoms with Gasteiger partial charge in [0.05, 0.1) is 0 Å². The van der Waals surface area contributed by atoms with Crippen molar-refractivity contribution in [3.63, 3.8) is 0 Å². The number of rotatable bonds is 1. The van der Waals surface area contributed by atoms with Crippen LogP contribution in [0.5, 0.6) is 0 Å². The smallest absolute Gasteiger partial charge is 0.141 e. The van der Waals surface area contributed by atoms with Crippen LogP contribution in [0.2, 0.25) is 0 Å². The molecule has 21 heavy (non-hydrogen) atoms. The van der Waals surface area contributed by atoms with Gasteiger partial charge in [0.1, 0.15) is 66.4 Å². The van der Waals surface area contributed by atoms with Crippen LogP contribution in [-0.2, 0) is 0 Å². The molecule has 1 heterocycles. The maximum atomic E-state index is 14.4. The molecule has 0 fully saturated rings. The highest BCUT2D eigenvalue weighted by Gasteiger charge is 2.19. The maximum Gasteiger partial charge on any atom is 0.141 e. The minimum absolute atomic E-state index is 0.0447. The summed E-state index contributed by atoms with van der Waals surface area (Å²) in [6.45, 7) is 1.61. The normalized spacial score (nSPS) is 10.8. The first kappa shape index (κ1) is 16.1. The molecular formula is C12H3B7FN. The monoisotopic (exact) mass is 257 g/mol. The van der Waals surface area contributed by atoms with Crippen molar-refractivity contribution < 1.29 is 4.39 Å². The Morgan fingerprint density at radius 2 is 1.24 bits per heavy atom. The van der Waals surface area contributed by atoms with Gasteiger partial charge in [0.15, 0.2) is 0 Å². The fourth-order valence-electron chi connectivity index (χ4n) is 2.05. The van der Waals surface area contributed by atoms with Gasteiger partial charge < -0.3 is 0 Å². The van der Waals surface area contributed by atoms with E-state index in [2.05, 4.69) is 4.98 Å². The van der Waals surface area contributed by atoms with E-state index in [9.17, 15) is 4.39 Å². The number of hydrogen-bond acceptors (Lipinski definition) is 1. The Balaban J connectivity index is 2.93. The van der Waals surface area contributed by atoms with E-state index in [0.717, 1.165) is 0 Å². The van der Waals surface area contributed by atoms with Crippen molar-refractivity contribution in [2.45, 2.75) is 6.92 Å². The fourth-order valence-corrected chi connectivity index (χ4v) is 2.05. The summed E-state index contributed by atoms with van der Waals surface area (Å²) in [7, 11) is 40.0. The Morgan fingerprint density at radius 3 is 1.81 bits per heavy atom. The molecule has 1 nitrogen and oxygen atoms in total. The highest BCUT2D eigenvalue weighted by molar-refractivity contribution is 6.64. The summed E-state index contributed by atoms with van der Waals surface area (Å²) in [5.74, 6) is -0.847. The van der Waals surface area contributed by atoms with Gasteiger partial charge in [-0.25, -0.2) is 4.39 Å². The second kappa shape index (κ2) is 5.51. The molecule has 0 N–H and O–H groups in total. The van der Waals surface area contributed by atoms with Crippen LogP contribution in [0.25, 0.3) is 11.3 Å². The van der Waals surface area contributed by atoms with E-state index >= 15 is 0 Å². The van der Waals surface area contributed by atoms with Gasteiger partial charge in [0.2, 0.25) is 0 Å². The third-order valence-electron chi connectivity index (χ3n) is 3.40. The Kier molecular flexibility index (Phi) is 4.23. The molecule has 0 aliphatic carbocycles. The van der Waals surface area contributed by atoms with Crippen molar-refractivity contribution in [1.82, 2.24) is 4.98 Å². The van der Waals surface area contributed by atoms with E-state index in [1.807, 2.05) is 0 Å². The van der Waals surface area contributed by atoms with Crippen LogP contribution >= 0.6 is 0 Å². The molecule has 0 aliphatic heterocycles. The molecule has 0 aliphatic rings. The first-order chi connectivity index (χ1) is 9.68. The standard InChI is InChI=1S/C12H3B7FN/c1-2-3(5(14)7(16)6(15)4(2)13)11-10(20)8(17)9(18)12(19)21-11/h1H3. The molecule has 2 rings (SSSR count). The van der Waals surface area contributed by atoms with Crippen LogP contribution in [-0.4, -0.2) is 59.9 Å². The molecule has 84 valence electrons. The van der Waals surface area contributed by atoms with Crippen molar-refractivity contribution in [3.8, 4) is 11.3 Å². The summed E-state index contributed by atoms with van der Waals surface area (Å²) in [6, 6.07) is 0. The predicted octanol–water partition coefficient (Wildman–Crippen LogP) is -5.25. The number of hydrogen-bond donors (Lipinski definition) is 0. The minimum Gasteiger partial charge on any atom is -0.262 e. The van der Waals surface area contributed by atoms with Crippen molar-refractivity contribution in [1.29, 1.82) is 0 Å². The van der Waals surface area contributed by atoms with E-state index in [0.29, 0.717) is 5.56 Å². The zero-order chi connectivity index (χ0) is 16.1. The molecular weight excluding hydrogens is 253 g/mol. The van der Waals surface area contributed by atoms with E-state index in [1.165, 1.54) is 0 Å². The lowest BCUT2D eigenvalue weighted by Crippen LogP contribution is -2.50. The summed E-state index contributed by atoms with van der Waals surface area (Å²) in [5, 5.41) is 0. The summed E-state index contributed by atoms with van der Waals surface area (Å²) in [5.41, 5.74) is 0.289. The number of nitrogens with zero attached hydrogens (tertiary/aromatic N) is 1. The van der Waals surface area contributed by atoms with E-state index < -0.39 is 5.82 Å². The highest BCUT2D eigenvalue weighted by atomic mass is 19.1. The van der Waals surface area contributed by atoms with Gasteiger partial charge in [-0.3, -0.25) is 4.98 Å². The zero-order valence-electron chi connectivity index (χ0n) is 11.4. The minimum atomic E-state index is -0.847. The van der Waals surface area contributed by atoms with Gasteiger partial charge in [0.25, 0.3) is 0 Å². The van der Waals surface area contributed by atoms with Gasteiger partial charge in [-0.05, 0) is 23.6 Å². The fraction of sp³-hybridized carbons (Fsp3) is 0.0833. The largest absolute Gasteiger partial charge is 0.262 e. The first-order valence-electron chi connectivity index (χ1n) is 5.91. The topological polar surface area (TPSA) is 12.9 Å². The summed E-state index contributed by atoms with van der Waals surface area (Å²) < 4.78 is 14.4. The molecule has 0 atom stereocenters. The molecule has 9 heteroatoms. The molecule has 0 unspecified atom stereocenters. The lowest BCUT2D eigenvalue weighted by atomic mass is 9.63. The first-order valence-corrected chi connectivity index (χ1v) is 5.91. The quantitative estimate of drug-likeness (QED) is 0.465. The van der Waals surface area contributed by atoms with Gasteiger partial charge in [-0.1, -0.05) is 16.4 Å². The van der Waals surface area contributed by atoms with Gasteiger partial charge in [0, 0.05) is 0 Å². The van der Waals surface area contributed by atoms with E-state index in [1.54, 1.807) is 6.92 Å². The highest BCUT2D eigenvalue weighted by Crippen LogP contribution is 2.17. The number of halogens is 1. The van der Waals surface area contributed by atoms with E-state index in [-0.39, 0.29) is 49.6 Å². The number of pyridine rings is 1. The molecule has 0 saturated heterocycles. The van der Waals surface area contributed by atoms with E-state index in [4.69, 9.17) is 54.9 Å². The van der Waals surface area contributed by atoms with Gasteiger partial charge in [-0.2, -0.15) is 0 Å². The Bertz CT molecular complexity index is 731. The molecule has 14 radical (unpaired) electrons. The predicted molar refractivity (Wildman–Crippen MR) is 92.1 cm³/mol. The molecule has 1 aromatic heterocycles. The lowest BCUT2D eigenvalue weighted by molar-refractivity contribution is 0.636. The van der Waals surface area contributed by atoms with Crippen LogP contribution in [0.4, 0.5) is 4.39 Å². The third kappa shape index (κ3) is 2.41. The second-order valence-electron chi connectivity index (χ2n) is 4.64. The lowest BCUT2D eigenvalue weighted by Gasteiger charge is -2.22. The molecule has 0 spiro atoms. The molecule has 0 bridgehead atoms. The van der Waals surface area contributed by atoms with Gasteiger partial charge >= 0.3 is 0 Å². The molecule has 0 amide bonds. The average Bonchev–Trinajstić information content (AvgIpc) is 2.46. The van der Waals surface area contributed by atoms with Crippen LogP contribution in [0, 0.1) is 12.7 Å². The Hall–Kier alpha value is -1.25. The van der Waals surface area contributed by atoms with Crippen molar-refractivity contribution in [3.05, 3.63) is 11.4 Å². The van der Waals surface area contributed by atoms with Crippen molar-refractivity contribution in [2.24, 2.45) is 0 Å². The summed E-state index contributed by atoms with van der Waals surface area (Å²) in [6.07, 6.45) is 0. The van der Waals surface area contributed by atoms with Crippen LogP contribution in [0.1, 0.15) is 5.56 Å². The van der Waals surface area contributed by atoms with Crippen molar-refractivity contribution >= 4 is 93.3 Å². The molecule has 2 aromatic rings. The SMILES string of the molecule is [B]c1nc(-c2c([B])c([B])c([B])c([B])c2C)c(F)c([B])c1[B]. The Morgan fingerprint density at radius 1 is 0.714 bits per heavy atom. The molecule has 1 aromatic carbocycles. The third-order valence-corrected chi connectivity index (χ3v) is 3.40. The van der Waals surface area contributed by atoms with Crippen LogP contribution in [0.15, 0.2) is 0 Å². The second-order valence-corrected chi connectivity index (χ2v) is 4.64. The maximum absolute atomic E-state index is 14.4. The number of benzene rings is 1. The van der Waals surface area contributed by atoms with Crippen LogP contribution in [0.3, 0.4) is 0 Å². The van der Waals surface area contributed by atoms with Crippen LogP contribution < -0.4 is 38.4 Å². The average molecular weight is 256 g/mol.